The second-order valence-corrected chi connectivity index (χ2v) is 4.44. The minimum Gasteiger partial charge on any atom is -0.325 e. The van der Waals surface area contributed by atoms with Crippen molar-refractivity contribution in [1.82, 2.24) is 15.2 Å². The van der Waals surface area contributed by atoms with E-state index in [4.69, 9.17) is 12.2 Å². The van der Waals surface area contributed by atoms with Crippen molar-refractivity contribution in [3.05, 3.63) is 38.9 Å². The van der Waals surface area contributed by atoms with Gasteiger partial charge in [-0.25, -0.2) is 0 Å². The third kappa shape index (κ3) is 2.76. The fourth-order valence-electron chi connectivity index (χ4n) is 1.74. The van der Waals surface area contributed by atoms with E-state index >= 15 is 0 Å². The minimum atomic E-state index is -0.402. The van der Waals surface area contributed by atoms with E-state index in [1.165, 1.54) is 6.92 Å². The van der Waals surface area contributed by atoms with Gasteiger partial charge in [0.15, 0.2) is 10.5 Å². The molecular formula is C12H12N4O2S. The number of amides is 1. The van der Waals surface area contributed by atoms with Crippen LogP contribution in [0.5, 0.6) is 0 Å². The molecule has 1 aromatic heterocycles. The van der Waals surface area contributed by atoms with Crippen molar-refractivity contribution < 1.29 is 4.79 Å². The van der Waals surface area contributed by atoms with E-state index in [9.17, 15) is 9.59 Å². The molecule has 2 rings (SSSR count). The fourth-order valence-corrected chi connectivity index (χ4v) is 1.88. The van der Waals surface area contributed by atoms with Gasteiger partial charge in [0.1, 0.15) is 0 Å². The summed E-state index contributed by atoms with van der Waals surface area (Å²) in [5.74, 6) is -0.212. The summed E-state index contributed by atoms with van der Waals surface area (Å²) in [6.07, 6.45) is 0. The normalized spacial score (nSPS) is 10.2. The Morgan fingerprint density at radius 2 is 2.16 bits per heavy atom. The van der Waals surface area contributed by atoms with Gasteiger partial charge in [0, 0.05) is 12.5 Å². The summed E-state index contributed by atoms with van der Waals surface area (Å²) in [7, 11) is 0. The first-order valence-electron chi connectivity index (χ1n) is 5.55. The Morgan fingerprint density at radius 1 is 1.42 bits per heavy atom. The molecule has 0 saturated heterocycles. The monoisotopic (exact) mass is 276 g/mol. The highest BCUT2D eigenvalue weighted by Gasteiger charge is 2.13. The molecule has 2 aromatic rings. The Morgan fingerprint density at radius 3 is 2.79 bits per heavy atom. The van der Waals surface area contributed by atoms with Crippen LogP contribution in [0.4, 0.5) is 5.69 Å². The van der Waals surface area contributed by atoms with Gasteiger partial charge in [0.05, 0.1) is 5.69 Å². The number of aromatic amines is 2. The van der Waals surface area contributed by atoms with Crippen LogP contribution in [-0.4, -0.2) is 21.1 Å². The summed E-state index contributed by atoms with van der Waals surface area (Å²) in [4.78, 5) is 25.6. The molecule has 1 aromatic carbocycles. The van der Waals surface area contributed by atoms with Crippen LogP contribution in [0.2, 0.25) is 0 Å². The Balaban J connectivity index is 2.68. The Hall–Kier alpha value is -2.28. The van der Waals surface area contributed by atoms with E-state index in [-0.39, 0.29) is 16.4 Å². The van der Waals surface area contributed by atoms with Gasteiger partial charge in [-0.3, -0.25) is 19.7 Å². The maximum absolute atomic E-state index is 11.9. The molecule has 0 saturated carbocycles. The van der Waals surface area contributed by atoms with E-state index in [0.717, 1.165) is 5.56 Å². The molecule has 7 heteroatoms. The smallest absolute Gasteiger partial charge is 0.278 e. The average Bonchev–Trinajstić information content (AvgIpc) is 2.32. The maximum Gasteiger partial charge on any atom is 0.278 e. The first-order valence-corrected chi connectivity index (χ1v) is 5.96. The van der Waals surface area contributed by atoms with Gasteiger partial charge in [-0.1, -0.05) is 18.2 Å². The summed E-state index contributed by atoms with van der Waals surface area (Å²) in [6, 6.07) is 5.35. The predicted octanol–water partition coefficient (Wildman–Crippen LogP) is 1.76. The van der Waals surface area contributed by atoms with Crippen LogP contribution in [0.15, 0.2) is 23.0 Å². The Bertz CT molecular complexity index is 748. The zero-order valence-electron chi connectivity index (χ0n) is 10.4. The molecule has 0 unspecified atom stereocenters. The minimum absolute atomic E-state index is 0.155. The van der Waals surface area contributed by atoms with Crippen LogP contribution in [-0.2, 0) is 4.79 Å². The number of nitrogens with zero attached hydrogens (tertiary/aromatic N) is 1. The van der Waals surface area contributed by atoms with Crippen LogP contribution in [0.25, 0.3) is 11.3 Å². The lowest BCUT2D eigenvalue weighted by Gasteiger charge is -2.11. The van der Waals surface area contributed by atoms with Gasteiger partial charge < -0.3 is 5.32 Å². The van der Waals surface area contributed by atoms with Crippen LogP contribution < -0.4 is 10.9 Å². The Kier molecular flexibility index (Phi) is 3.57. The number of hydrogen-bond donors (Lipinski definition) is 3. The number of aryl methyl sites for hydroxylation is 1. The molecule has 98 valence electrons. The first kappa shape index (κ1) is 13.2. The molecule has 6 nitrogen and oxygen atoms in total. The van der Waals surface area contributed by atoms with Gasteiger partial charge in [-0.05, 0) is 24.7 Å². The molecular weight excluding hydrogens is 264 g/mol. The second kappa shape index (κ2) is 5.15. The number of para-hydroxylation sites is 1. The van der Waals surface area contributed by atoms with E-state index in [0.29, 0.717) is 11.3 Å². The van der Waals surface area contributed by atoms with Crippen LogP contribution in [0, 0.1) is 11.7 Å². The van der Waals surface area contributed by atoms with Crippen molar-refractivity contribution in [1.29, 1.82) is 0 Å². The zero-order chi connectivity index (χ0) is 14.0. The van der Waals surface area contributed by atoms with Crippen LogP contribution in [0.3, 0.4) is 0 Å². The molecule has 3 N–H and O–H groups in total. The summed E-state index contributed by atoms with van der Waals surface area (Å²) in [6.45, 7) is 3.25. The fraction of sp³-hybridized carbons (Fsp3) is 0.167. The van der Waals surface area contributed by atoms with Crippen molar-refractivity contribution >= 4 is 23.8 Å². The molecule has 0 radical (unpaired) electrons. The lowest BCUT2D eigenvalue weighted by molar-refractivity contribution is -0.114. The van der Waals surface area contributed by atoms with Crippen molar-refractivity contribution in [2.75, 3.05) is 5.32 Å². The van der Waals surface area contributed by atoms with Crippen molar-refractivity contribution in [2.45, 2.75) is 13.8 Å². The number of anilines is 1. The molecule has 1 amide bonds. The molecule has 0 bridgehead atoms. The van der Waals surface area contributed by atoms with Crippen molar-refractivity contribution in [2.24, 2.45) is 0 Å². The van der Waals surface area contributed by atoms with Crippen molar-refractivity contribution in [3.8, 4) is 11.3 Å². The number of aromatic nitrogens is 3. The predicted molar refractivity (Wildman–Crippen MR) is 74.5 cm³/mol. The molecule has 0 aliphatic carbocycles. The van der Waals surface area contributed by atoms with E-state index in [2.05, 4.69) is 20.5 Å². The third-order valence-corrected chi connectivity index (χ3v) is 2.73. The summed E-state index contributed by atoms with van der Waals surface area (Å²) >= 11 is 4.79. The molecule has 1 heterocycles. The van der Waals surface area contributed by atoms with Crippen LogP contribution >= 0.6 is 12.2 Å². The number of benzene rings is 1. The number of carbonyl (C=O) groups excluding carboxylic acids is 1. The topological polar surface area (TPSA) is 90.6 Å². The lowest BCUT2D eigenvalue weighted by atomic mass is 10.1. The standard InChI is InChI=1S/C12H12N4O2S/c1-6-4-3-5-8(9(6)13-7(2)17)10-11(18)14-12(19)16-15-10/h3-5H,1-2H3,(H,13,17)(H2,14,16,18,19). The van der Waals surface area contributed by atoms with E-state index in [1.807, 2.05) is 13.0 Å². The quantitative estimate of drug-likeness (QED) is 0.729. The lowest BCUT2D eigenvalue weighted by Crippen LogP contribution is -2.15. The number of nitrogens with one attached hydrogen (secondary N) is 3. The third-order valence-electron chi connectivity index (χ3n) is 2.54. The van der Waals surface area contributed by atoms with Crippen molar-refractivity contribution in [3.63, 3.8) is 0 Å². The number of carbonyl (C=O) groups is 1. The molecule has 19 heavy (non-hydrogen) atoms. The number of rotatable bonds is 2. The molecule has 0 aliphatic heterocycles. The summed E-state index contributed by atoms with van der Waals surface area (Å²) < 4.78 is 0.155. The van der Waals surface area contributed by atoms with Gasteiger partial charge in [-0.15, -0.1) is 0 Å². The average molecular weight is 276 g/mol. The molecule has 0 aliphatic rings. The van der Waals surface area contributed by atoms with Gasteiger partial charge in [0.25, 0.3) is 5.56 Å². The SMILES string of the molecule is CC(=O)Nc1c(C)cccc1-c1n[nH]c(=S)[nH]c1=O. The molecule has 0 spiro atoms. The van der Waals surface area contributed by atoms with E-state index < -0.39 is 5.56 Å². The first-order chi connectivity index (χ1) is 8.99. The van der Waals surface area contributed by atoms with Gasteiger partial charge in [-0.2, -0.15) is 5.10 Å². The highest BCUT2D eigenvalue weighted by molar-refractivity contribution is 7.71. The van der Waals surface area contributed by atoms with Gasteiger partial charge >= 0.3 is 0 Å². The second-order valence-electron chi connectivity index (χ2n) is 4.03. The summed E-state index contributed by atoms with van der Waals surface area (Å²) in [5, 5.41) is 9.18. The van der Waals surface area contributed by atoms with Gasteiger partial charge in [0.2, 0.25) is 5.91 Å². The number of H-pyrrole nitrogens is 2. The highest BCUT2D eigenvalue weighted by atomic mass is 32.1. The largest absolute Gasteiger partial charge is 0.325 e. The highest BCUT2D eigenvalue weighted by Crippen LogP contribution is 2.27. The molecule has 0 atom stereocenters. The van der Waals surface area contributed by atoms with E-state index in [1.54, 1.807) is 12.1 Å². The zero-order valence-corrected chi connectivity index (χ0v) is 11.2. The Labute approximate surface area is 113 Å². The summed E-state index contributed by atoms with van der Waals surface area (Å²) in [5.41, 5.74) is 1.74. The maximum atomic E-state index is 11.9. The molecule has 0 fully saturated rings. The van der Waals surface area contributed by atoms with Crippen LogP contribution in [0.1, 0.15) is 12.5 Å². The number of hydrogen-bond acceptors (Lipinski definition) is 4.